The molecule has 0 bridgehead atoms. The molecule has 2 aliphatic rings. The van der Waals surface area contributed by atoms with Gasteiger partial charge < -0.3 is 19.7 Å². The van der Waals surface area contributed by atoms with Crippen molar-refractivity contribution in [3.8, 4) is 22.8 Å². The van der Waals surface area contributed by atoms with E-state index in [1.54, 1.807) is 12.4 Å². The molecule has 2 aliphatic heterocycles. The topological polar surface area (TPSA) is 72.4 Å². The monoisotopic (exact) mass is 389 g/mol. The number of pyridine rings is 1. The van der Waals surface area contributed by atoms with E-state index in [4.69, 9.17) is 9.47 Å². The van der Waals surface area contributed by atoms with Crippen LogP contribution in [0.2, 0.25) is 0 Å². The lowest BCUT2D eigenvalue weighted by Crippen LogP contribution is -2.51. The average Bonchev–Trinajstić information content (AvgIpc) is 2.76. The van der Waals surface area contributed by atoms with E-state index in [9.17, 15) is 0 Å². The van der Waals surface area contributed by atoms with Gasteiger partial charge in [0, 0.05) is 50.1 Å². The predicted molar refractivity (Wildman–Crippen MR) is 110 cm³/mol. The zero-order valence-corrected chi connectivity index (χ0v) is 16.1. The first kappa shape index (κ1) is 17.9. The number of hydrogen-bond donors (Lipinski definition) is 1. The van der Waals surface area contributed by atoms with E-state index < -0.39 is 0 Å². The van der Waals surface area contributed by atoms with Gasteiger partial charge in [0.1, 0.15) is 13.2 Å². The quantitative estimate of drug-likeness (QED) is 0.695. The van der Waals surface area contributed by atoms with Crippen LogP contribution in [0.5, 0.6) is 11.5 Å². The number of benzene rings is 1. The molecule has 0 radical (unpaired) electrons. The Bertz CT molecular complexity index is 959. The summed E-state index contributed by atoms with van der Waals surface area (Å²) in [5.74, 6) is 3.24. The minimum absolute atomic E-state index is 0.619. The highest BCUT2D eigenvalue weighted by Gasteiger charge is 2.27. The number of anilines is 1. The van der Waals surface area contributed by atoms with E-state index >= 15 is 0 Å². The van der Waals surface area contributed by atoms with Gasteiger partial charge in [0.25, 0.3) is 0 Å². The van der Waals surface area contributed by atoms with Crippen molar-refractivity contribution in [2.45, 2.75) is 6.54 Å². The van der Waals surface area contributed by atoms with Crippen molar-refractivity contribution in [1.29, 1.82) is 0 Å². The summed E-state index contributed by atoms with van der Waals surface area (Å²) in [4.78, 5) is 6.30. The van der Waals surface area contributed by atoms with Gasteiger partial charge in [0.2, 0.25) is 0 Å². The van der Waals surface area contributed by atoms with Crippen LogP contribution in [0.3, 0.4) is 0 Å². The molecule has 5 rings (SSSR count). The first-order valence-corrected chi connectivity index (χ1v) is 9.93. The molecule has 0 amide bonds. The van der Waals surface area contributed by atoms with Crippen LogP contribution in [0, 0.1) is 5.92 Å². The third-order valence-electron chi connectivity index (χ3n) is 5.28. The summed E-state index contributed by atoms with van der Waals surface area (Å²) >= 11 is 0. The zero-order chi connectivity index (χ0) is 19.5. The molecule has 1 fully saturated rings. The minimum atomic E-state index is 0.619. The summed E-state index contributed by atoms with van der Waals surface area (Å²) in [6, 6.07) is 14.1. The van der Waals surface area contributed by atoms with Crippen LogP contribution in [0.4, 0.5) is 5.82 Å². The average molecular weight is 389 g/mol. The Hall–Kier alpha value is -3.19. The maximum atomic E-state index is 5.65. The van der Waals surface area contributed by atoms with Crippen molar-refractivity contribution in [3.05, 3.63) is 60.4 Å². The molecule has 148 valence electrons. The number of fused-ring (bicyclic) bond motifs is 1. The summed E-state index contributed by atoms with van der Waals surface area (Å²) in [7, 11) is 0. The maximum absolute atomic E-state index is 5.65. The molecule has 2 aromatic heterocycles. The van der Waals surface area contributed by atoms with Crippen molar-refractivity contribution in [1.82, 2.24) is 20.5 Å². The van der Waals surface area contributed by atoms with Gasteiger partial charge >= 0.3 is 0 Å². The van der Waals surface area contributed by atoms with Gasteiger partial charge in [-0.25, -0.2) is 0 Å². The van der Waals surface area contributed by atoms with Gasteiger partial charge in [0.05, 0.1) is 5.69 Å². The molecule has 7 nitrogen and oxygen atoms in total. The molecule has 3 aromatic rings. The fourth-order valence-electron chi connectivity index (χ4n) is 3.67. The van der Waals surface area contributed by atoms with Gasteiger partial charge in [0.15, 0.2) is 17.3 Å². The normalized spacial score (nSPS) is 15.8. The number of nitrogens with one attached hydrogen (secondary N) is 1. The molecular weight excluding hydrogens is 366 g/mol. The highest BCUT2D eigenvalue weighted by atomic mass is 16.6. The van der Waals surface area contributed by atoms with E-state index in [-0.39, 0.29) is 0 Å². The third kappa shape index (κ3) is 4.00. The third-order valence-corrected chi connectivity index (χ3v) is 5.28. The van der Waals surface area contributed by atoms with Crippen molar-refractivity contribution in [2.24, 2.45) is 5.92 Å². The first-order valence-electron chi connectivity index (χ1n) is 9.93. The molecule has 0 spiro atoms. The molecule has 0 atom stereocenters. The van der Waals surface area contributed by atoms with Crippen LogP contribution >= 0.6 is 0 Å². The second kappa shape index (κ2) is 8.05. The fourth-order valence-corrected chi connectivity index (χ4v) is 3.67. The lowest BCUT2D eigenvalue weighted by atomic mass is 10.00. The van der Waals surface area contributed by atoms with E-state index in [1.807, 2.05) is 30.3 Å². The molecule has 4 heterocycles. The summed E-state index contributed by atoms with van der Waals surface area (Å²) < 4.78 is 11.2. The second-order valence-electron chi connectivity index (χ2n) is 7.39. The standard InChI is InChI=1S/C22H23N5O2/c1-3-20-21(29-10-9-28-20)11-16(1)12-24-13-17-14-27(15-17)22-4-2-19(25-26-22)18-5-7-23-8-6-18/h1-8,11,17,24H,9-10,12-15H2. The van der Waals surface area contributed by atoms with Crippen LogP contribution in [-0.2, 0) is 6.54 Å². The number of ether oxygens (including phenoxy) is 2. The number of aromatic nitrogens is 3. The largest absolute Gasteiger partial charge is 0.486 e. The maximum Gasteiger partial charge on any atom is 0.161 e. The lowest BCUT2D eigenvalue weighted by molar-refractivity contribution is 0.171. The Morgan fingerprint density at radius 3 is 2.55 bits per heavy atom. The Morgan fingerprint density at radius 1 is 0.931 bits per heavy atom. The second-order valence-corrected chi connectivity index (χ2v) is 7.39. The highest BCUT2D eigenvalue weighted by Crippen LogP contribution is 2.30. The lowest BCUT2D eigenvalue weighted by Gasteiger charge is -2.40. The Balaban J connectivity index is 1.09. The fraction of sp³-hybridized carbons (Fsp3) is 0.318. The van der Waals surface area contributed by atoms with Gasteiger partial charge in [-0.2, -0.15) is 0 Å². The molecule has 29 heavy (non-hydrogen) atoms. The van der Waals surface area contributed by atoms with Crippen LogP contribution < -0.4 is 19.7 Å². The van der Waals surface area contributed by atoms with E-state index in [0.29, 0.717) is 19.1 Å². The molecule has 1 aromatic carbocycles. The Morgan fingerprint density at radius 2 is 1.76 bits per heavy atom. The summed E-state index contributed by atoms with van der Waals surface area (Å²) in [5.41, 5.74) is 3.11. The van der Waals surface area contributed by atoms with Crippen LogP contribution in [0.25, 0.3) is 11.3 Å². The smallest absolute Gasteiger partial charge is 0.161 e. The molecule has 1 N–H and O–H groups in total. The summed E-state index contributed by atoms with van der Waals surface area (Å²) in [6.07, 6.45) is 3.53. The molecule has 0 saturated carbocycles. The van der Waals surface area contributed by atoms with Gasteiger partial charge in [-0.15, -0.1) is 10.2 Å². The van der Waals surface area contributed by atoms with E-state index in [1.165, 1.54) is 5.56 Å². The number of nitrogens with zero attached hydrogens (tertiary/aromatic N) is 4. The van der Waals surface area contributed by atoms with E-state index in [2.05, 4.69) is 37.5 Å². The van der Waals surface area contributed by atoms with Crippen LogP contribution in [0.1, 0.15) is 5.56 Å². The Labute approximate surface area is 169 Å². The van der Waals surface area contributed by atoms with Crippen molar-refractivity contribution in [3.63, 3.8) is 0 Å². The van der Waals surface area contributed by atoms with Crippen LogP contribution in [-0.4, -0.2) is 48.0 Å². The molecule has 0 aliphatic carbocycles. The molecule has 1 saturated heterocycles. The summed E-state index contributed by atoms with van der Waals surface area (Å²) in [6.45, 7) is 5.05. The highest BCUT2D eigenvalue weighted by molar-refractivity contribution is 5.59. The molecule has 0 unspecified atom stereocenters. The Kier molecular flexibility index (Phi) is 4.96. The van der Waals surface area contributed by atoms with E-state index in [0.717, 1.165) is 54.8 Å². The number of hydrogen-bond acceptors (Lipinski definition) is 7. The van der Waals surface area contributed by atoms with Crippen molar-refractivity contribution in [2.75, 3.05) is 37.7 Å². The van der Waals surface area contributed by atoms with Gasteiger partial charge in [-0.05, 0) is 42.0 Å². The minimum Gasteiger partial charge on any atom is -0.486 e. The predicted octanol–water partition coefficient (Wildman–Crippen LogP) is 2.54. The van der Waals surface area contributed by atoms with Crippen molar-refractivity contribution < 1.29 is 9.47 Å². The molecule has 7 heteroatoms. The van der Waals surface area contributed by atoms with Gasteiger partial charge in [-0.1, -0.05) is 6.07 Å². The van der Waals surface area contributed by atoms with Crippen molar-refractivity contribution >= 4 is 5.82 Å². The first-order chi connectivity index (χ1) is 14.3. The van der Waals surface area contributed by atoms with Gasteiger partial charge in [-0.3, -0.25) is 4.98 Å². The number of rotatable bonds is 6. The molecular formula is C22H23N5O2. The zero-order valence-electron chi connectivity index (χ0n) is 16.1. The van der Waals surface area contributed by atoms with Crippen LogP contribution in [0.15, 0.2) is 54.9 Å². The summed E-state index contributed by atoms with van der Waals surface area (Å²) in [5, 5.41) is 12.3. The SMILES string of the molecule is c1cc(-c2ccc(N3CC(CNCc4ccc5c(c4)OCCO5)C3)nn2)ccn1.